The van der Waals surface area contributed by atoms with Gasteiger partial charge in [0.1, 0.15) is 17.3 Å². The number of hydrogen-bond donors (Lipinski definition) is 0. The molecule has 0 saturated carbocycles. The number of rotatable bonds is 4. The van der Waals surface area contributed by atoms with Crippen LogP contribution in [0.25, 0.3) is 0 Å². The summed E-state index contributed by atoms with van der Waals surface area (Å²) in [6.45, 7) is 3.36. The second-order valence-electron chi connectivity index (χ2n) is 5.14. The standard InChI is InChI=1S/C16H16F3NO3/c1-10-8-13(11(2)22-10)15(21)20(3)9-12-6-4-5-7-14(12)23-16(17,18)19/h4-8H,9H2,1-3H3. The molecule has 0 unspecified atom stereocenters. The summed E-state index contributed by atoms with van der Waals surface area (Å²) < 4.78 is 46.6. The maximum Gasteiger partial charge on any atom is 0.573 e. The van der Waals surface area contributed by atoms with Crippen LogP contribution in [0.15, 0.2) is 34.7 Å². The number of halogens is 3. The second-order valence-corrected chi connectivity index (χ2v) is 5.14. The topological polar surface area (TPSA) is 42.7 Å². The van der Waals surface area contributed by atoms with Gasteiger partial charge in [-0.15, -0.1) is 13.2 Å². The molecule has 1 amide bonds. The number of benzene rings is 1. The fourth-order valence-corrected chi connectivity index (χ4v) is 2.23. The molecule has 0 N–H and O–H groups in total. The Morgan fingerprint density at radius 3 is 2.48 bits per heavy atom. The van der Waals surface area contributed by atoms with Crippen LogP contribution in [0.4, 0.5) is 13.2 Å². The third-order valence-electron chi connectivity index (χ3n) is 3.22. The zero-order valence-corrected chi connectivity index (χ0v) is 12.9. The molecule has 4 nitrogen and oxygen atoms in total. The van der Waals surface area contributed by atoms with Crippen molar-refractivity contribution in [3.8, 4) is 5.75 Å². The maximum atomic E-state index is 12.4. The summed E-state index contributed by atoms with van der Waals surface area (Å²) in [7, 11) is 1.51. The smallest absolute Gasteiger partial charge is 0.466 e. The number of carbonyl (C=O) groups excluding carboxylic acids is 1. The number of alkyl halides is 3. The third-order valence-corrected chi connectivity index (χ3v) is 3.22. The van der Waals surface area contributed by atoms with E-state index in [1.165, 1.54) is 30.1 Å². The van der Waals surface area contributed by atoms with E-state index in [0.717, 1.165) is 0 Å². The second kappa shape index (κ2) is 6.36. The molecule has 7 heteroatoms. The maximum absolute atomic E-state index is 12.4. The van der Waals surface area contributed by atoms with E-state index in [4.69, 9.17) is 4.42 Å². The lowest BCUT2D eigenvalue weighted by atomic mass is 10.1. The Labute approximate surface area is 131 Å². The molecular formula is C16H16F3NO3. The van der Waals surface area contributed by atoms with Crippen LogP contribution in [0.3, 0.4) is 0 Å². The average Bonchev–Trinajstić information content (AvgIpc) is 2.77. The summed E-state index contributed by atoms with van der Waals surface area (Å²) in [5.74, 6) is 0.417. The van der Waals surface area contributed by atoms with Crippen LogP contribution in [0.5, 0.6) is 5.75 Å². The highest BCUT2D eigenvalue weighted by molar-refractivity contribution is 5.95. The monoisotopic (exact) mass is 327 g/mol. The third kappa shape index (κ3) is 4.28. The molecule has 0 aliphatic heterocycles. The number of ether oxygens (including phenoxy) is 1. The average molecular weight is 327 g/mol. The fraction of sp³-hybridized carbons (Fsp3) is 0.312. The van der Waals surface area contributed by atoms with Gasteiger partial charge >= 0.3 is 6.36 Å². The van der Waals surface area contributed by atoms with Crippen LogP contribution in [0.1, 0.15) is 27.4 Å². The van der Waals surface area contributed by atoms with Crippen LogP contribution in [-0.4, -0.2) is 24.2 Å². The van der Waals surface area contributed by atoms with E-state index in [9.17, 15) is 18.0 Å². The normalized spacial score (nSPS) is 11.4. The highest BCUT2D eigenvalue weighted by atomic mass is 19.4. The predicted molar refractivity (Wildman–Crippen MR) is 77.1 cm³/mol. The minimum Gasteiger partial charge on any atom is -0.466 e. The molecule has 0 atom stereocenters. The van der Waals surface area contributed by atoms with E-state index >= 15 is 0 Å². The molecule has 0 spiro atoms. The van der Waals surface area contributed by atoms with Crippen LogP contribution >= 0.6 is 0 Å². The highest BCUT2D eigenvalue weighted by Crippen LogP contribution is 2.27. The first-order chi connectivity index (χ1) is 10.7. The number of furan rings is 1. The van der Waals surface area contributed by atoms with Gasteiger partial charge in [0.2, 0.25) is 0 Å². The molecule has 2 rings (SSSR count). The first-order valence-electron chi connectivity index (χ1n) is 6.83. The first-order valence-corrected chi connectivity index (χ1v) is 6.83. The molecule has 0 radical (unpaired) electrons. The van der Waals surface area contributed by atoms with Gasteiger partial charge in [-0.1, -0.05) is 18.2 Å². The van der Waals surface area contributed by atoms with E-state index < -0.39 is 6.36 Å². The minimum atomic E-state index is -4.78. The Morgan fingerprint density at radius 2 is 1.91 bits per heavy atom. The molecule has 0 fully saturated rings. The molecule has 1 aromatic carbocycles. The van der Waals surface area contributed by atoms with Crippen molar-refractivity contribution in [1.29, 1.82) is 0 Å². The van der Waals surface area contributed by atoms with E-state index in [0.29, 0.717) is 17.1 Å². The minimum absolute atomic E-state index is 0.0191. The lowest BCUT2D eigenvalue weighted by Gasteiger charge is -2.19. The van der Waals surface area contributed by atoms with Crippen molar-refractivity contribution in [2.75, 3.05) is 7.05 Å². The van der Waals surface area contributed by atoms with E-state index in [2.05, 4.69) is 4.74 Å². The summed E-state index contributed by atoms with van der Waals surface area (Å²) >= 11 is 0. The van der Waals surface area contributed by atoms with Crippen molar-refractivity contribution in [1.82, 2.24) is 4.90 Å². The van der Waals surface area contributed by atoms with E-state index in [1.807, 2.05) is 0 Å². The van der Waals surface area contributed by atoms with Gasteiger partial charge in [0.05, 0.1) is 5.56 Å². The summed E-state index contributed by atoms with van der Waals surface area (Å²) in [4.78, 5) is 13.7. The van der Waals surface area contributed by atoms with Crippen molar-refractivity contribution in [2.45, 2.75) is 26.8 Å². The van der Waals surface area contributed by atoms with E-state index in [-0.39, 0.29) is 23.8 Å². The van der Waals surface area contributed by atoms with Crippen molar-refractivity contribution < 1.29 is 27.1 Å². The quantitative estimate of drug-likeness (QED) is 0.850. The van der Waals surface area contributed by atoms with Crippen LogP contribution < -0.4 is 4.74 Å². The molecule has 0 bridgehead atoms. The van der Waals surface area contributed by atoms with Crippen molar-refractivity contribution in [3.05, 3.63) is 53.0 Å². The van der Waals surface area contributed by atoms with Crippen LogP contribution in [0.2, 0.25) is 0 Å². The van der Waals surface area contributed by atoms with Crippen LogP contribution in [0, 0.1) is 13.8 Å². The van der Waals surface area contributed by atoms with Crippen molar-refractivity contribution >= 4 is 5.91 Å². The van der Waals surface area contributed by atoms with Gasteiger partial charge in [-0.2, -0.15) is 0 Å². The zero-order chi connectivity index (χ0) is 17.2. The Balaban J connectivity index is 2.19. The Hall–Kier alpha value is -2.44. The first kappa shape index (κ1) is 16.9. The largest absolute Gasteiger partial charge is 0.573 e. The van der Waals surface area contributed by atoms with Gasteiger partial charge in [0.25, 0.3) is 5.91 Å². The lowest BCUT2D eigenvalue weighted by molar-refractivity contribution is -0.274. The Morgan fingerprint density at radius 1 is 1.26 bits per heavy atom. The summed E-state index contributed by atoms with van der Waals surface area (Å²) in [6.07, 6.45) is -4.78. The number of para-hydroxylation sites is 1. The summed E-state index contributed by atoms with van der Waals surface area (Å²) in [6, 6.07) is 7.33. The van der Waals surface area contributed by atoms with Crippen molar-refractivity contribution in [3.63, 3.8) is 0 Å². The molecule has 124 valence electrons. The number of hydrogen-bond acceptors (Lipinski definition) is 3. The molecule has 0 aliphatic rings. The number of nitrogens with zero attached hydrogens (tertiary/aromatic N) is 1. The van der Waals surface area contributed by atoms with Crippen LogP contribution in [-0.2, 0) is 6.54 Å². The van der Waals surface area contributed by atoms with Gasteiger partial charge in [-0.05, 0) is 26.0 Å². The zero-order valence-electron chi connectivity index (χ0n) is 12.9. The lowest BCUT2D eigenvalue weighted by Crippen LogP contribution is -2.27. The molecule has 23 heavy (non-hydrogen) atoms. The predicted octanol–water partition coefficient (Wildman–Crippen LogP) is 4.07. The van der Waals surface area contributed by atoms with E-state index in [1.54, 1.807) is 26.0 Å². The molecule has 0 aliphatic carbocycles. The number of aryl methyl sites for hydroxylation is 2. The molecule has 2 aromatic rings. The van der Waals surface area contributed by atoms with Gasteiger partial charge in [0, 0.05) is 19.2 Å². The highest BCUT2D eigenvalue weighted by Gasteiger charge is 2.32. The molecule has 1 aromatic heterocycles. The fourth-order valence-electron chi connectivity index (χ4n) is 2.23. The van der Waals surface area contributed by atoms with Gasteiger partial charge in [-0.25, -0.2) is 0 Å². The SMILES string of the molecule is Cc1cc(C(=O)N(C)Cc2ccccc2OC(F)(F)F)c(C)o1. The van der Waals surface area contributed by atoms with Gasteiger partial charge in [-0.3, -0.25) is 4.79 Å². The Bertz CT molecular complexity index is 707. The van der Waals surface area contributed by atoms with Gasteiger partial charge < -0.3 is 14.1 Å². The van der Waals surface area contributed by atoms with Gasteiger partial charge in [0.15, 0.2) is 0 Å². The molecular weight excluding hydrogens is 311 g/mol. The number of amides is 1. The molecule has 0 saturated heterocycles. The molecule has 1 heterocycles. The Kier molecular flexibility index (Phi) is 4.68. The summed E-state index contributed by atoms with van der Waals surface area (Å²) in [5, 5.41) is 0. The van der Waals surface area contributed by atoms with Crippen molar-refractivity contribution in [2.24, 2.45) is 0 Å². The summed E-state index contributed by atoms with van der Waals surface area (Å²) in [5.41, 5.74) is 0.651. The number of carbonyl (C=O) groups is 1.